The largest absolute Gasteiger partial charge is 0.464 e. The van der Waals surface area contributed by atoms with Crippen LogP contribution in [0, 0.1) is 0 Å². The zero-order chi connectivity index (χ0) is 17.1. The lowest BCUT2D eigenvalue weighted by atomic mass is 9.92. The zero-order valence-corrected chi connectivity index (χ0v) is 13.2. The molecule has 1 heterocycles. The van der Waals surface area contributed by atoms with Crippen molar-refractivity contribution in [3.63, 3.8) is 0 Å². The zero-order valence-electron chi connectivity index (χ0n) is 13.2. The fourth-order valence-corrected chi connectivity index (χ4v) is 2.77. The van der Waals surface area contributed by atoms with E-state index in [0.29, 0.717) is 10.1 Å². The number of hydrogen-bond acceptors (Lipinski definition) is 2. The molecule has 0 amide bonds. The number of carboxylic acid groups (broad SMARTS) is 1. The summed E-state index contributed by atoms with van der Waals surface area (Å²) in [5.41, 5.74) is 3.17. The number of nitrogens with zero attached hydrogens (tertiary/aromatic N) is 1. The van der Waals surface area contributed by atoms with Gasteiger partial charge in [-0.25, -0.2) is 9.36 Å². The monoisotopic (exact) mass is 319 g/mol. The molecule has 0 fully saturated rings. The third-order valence-corrected chi connectivity index (χ3v) is 4.17. The van der Waals surface area contributed by atoms with Crippen LogP contribution in [0.2, 0.25) is 0 Å². The molecule has 24 heavy (non-hydrogen) atoms. The Labute approximate surface area is 139 Å². The van der Waals surface area contributed by atoms with E-state index in [4.69, 9.17) is 5.11 Å². The van der Waals surface area contributed by atoms with Gasteiger partial charge in [-0.2, -0.15) is 0 Å². The summed E-state index contributed by atoms with van der Waals surface area (Å²) >= 11 is 0. The molecule has 0 aliphatic rings. The molecular formula is C20H17NO3. The Kier molecular flexibility index (Phi) is 4.29. The summed E-state index contributed by atoms with van der Waals surface area (Å²) in [6.07, 6.45) is -0.00665. The molecule has 0 saturated carbocycles. The van der Waals surface area contributed by atoms with E-state index in [1.807, 2.05) is 61.5 Å². The first-order chi connectivity index (χ1) is 11.6. The van der Waals surface area contributed by atoms with Crippen molar-refractivity contribution in [3.05, 3.63) is 94.4 Å². The van der Waals surface area contributed by atoms with Gasteiger partial charge in [0.2, 0.25) is 0 Å². The van der Waals surface area contributed by atoms with Gasteiger partial charge in [0, 0.05) is 17.7 Å². The van der Waals surface area contributed by atoms with Crippen molar-refractivity contribution in [1.29, 1.82) is 0 Å². The predicted molar refractivity (Wildman–Crippen MR) is 93.5 cm³/mol. The second-order valence-corrected chi connectivity index (χ2v) is 5.63. The number of aromatic nitrogens is 1. The fourth-order valence-electron chi connectivity index (χ4n) is 2.77. The SMILES string of the molecule is CC(c1ccc(-c2ccccc2)cc1)c1cccn(C(=O)O)c1=O. The van der Waals surface area contributed by atoms with Crippen LogP contribution >= 0.6 is 0 Å². The Morgan fingerprint density at radius 3 is 2.17 bits per heavy atom. The topological polar surface area (TPSA) is 59.3 Å². The summed E-state index contributed by atoms with van der Waals surface area (Å²) in [7, 11) is 0. The normalized spacial score (nSPS) is 11.9. The maximum absolute atomic E-state index is 12.3. The Balaban J connectivity index is 1.94. The van der Waals surface area contributed by atoms with Crippen LogP contribution in [0.3, 0.4) is 0 Å². The number of pyridine rings is 1. The van der Waals surface area contributed by atoms with Crippen molar-refractivity contribution in [2.24, 2.45) is 0 Å². The van der Waals surface area contributed by atoms with Gasteiger partial charge in [0.05, 0.1) is 0 Å². The summed E-state index contributed by atoms with van der Waals surface area (Å²) in [4.78, 5) is 23.4. The molecule has 120 valence electrons. The van der Waals surface area contributed by atoms with Gasteiger partial charge in [0.25, 0.3) is 5.56 Å². The Morgan fingerprint density at radius 2 is 1.54 bits per heavy atom. The molecule has 4 nitrogen and oxygen atoms in total. The molecule has 0 spiro atoms. The van der Waals surface area contributed by atoms with Crippen LogP contribution in [0.1, 0.15) is 24.0 Å². The van der Waals surface area contributed by atoms with E-state index in [1.54, 1.807) is 12.1 Å². The van der Waals surface area contributed by atoms with E-state index >= 15 is 0 Å². The molecule has 3 aromatic rings. The van der Waals surface area contributed by atoms with Crippen LogP contribution in [-0.4, -0.2) is 15.8 Å². The third-order valence-electron chi connectivity index (χ3n) is 4.17. The lowest BCUT2D eigenvalue weighted by molar-refractivity contribution is 0.195. The van der Waals surface area contributed by atoms with Crippen LogP contribution in [-0.2, 0) is 0 Å². The van der Waals surface area contributed by atoms with Crippen LogP contribution in [0.25, 0.3) is 11.1 Å². The van der Waals surface area contributed by atoms with Crippen LogP contribution in [0.15, 0.2) is 77.7 Å². The highest BCUT2D eigenvalue weighted by Gasteiger charge is 2.15. The molecule has 2 aromatic carbocycles. The summed E-state index contributed by atoms with van der Waals surface area (Å²) in [5, 5.41) is 9.07. The summed E-state index contributed by atoms with van der Waals surface area (Å²) < 4.78 is 0.712. The van der Waals surface area contributed by atoms with E-state index in [-0.39, 0.29) is 5.92 Å². The first-order valence-corrected chi connectivity index (χ1v) is 7.68. The second-order valence-electron chi connectivity index (χ2n) is 5.63. The van der Waals surface area contributed by atoms with Crippen molar-refractivity contribution < 1.29 is 9.90 Å². The first kappa shape index (κ1) is 15.7. The standard InChI is InChI=1S/C20H17NO3/c1-14(18-8-5-13-21(19(18)22)20(23)24)15-9-11-17(12-10-15)16-6-3-2-4-7-16/h2-14H,1H3,(H,23,24). The number of rotatable bonds is 3. The molecule has 1 unspecified atom stereocenters. The van der Waals surface area contributed by atoms with Crippen molar-refractivity contribution in [1.82, 2.24) is 4.57 Å². The highest BCUT2D eigenvalue weighted by molar-refractivity contribution is 5.68. The van der Waals surface area contributed by atoms with Crippen molar-refractivity contribution >= 4 is 6.09 Å². The Bertz CT molecular complexity index is 912. The van der Waals surface area contributed by atoms with Gasteiger partial charge in [0.15, 0.2) is 0 Å². The van der Waals surface area contributed by atoms with Gasteiger partial charge in [0.1, 0.15) is 0 Å². The highest BCUT2D eigenvalue weighted by atomic mass is 16.4. The molecular weight excluding hydrogens is 302 g/mol. The van der Waals surface area contributed by atoms with Gasteiger partial charge in [-0.1, -0.05) is 67.6 Å². The van der Waals surface area contributed by atoms with Gasteiger partial charge in [-0.3, -0.25) is 4.79 Å². The summed E-state index contributed by atoms with van der Waals surface area (Å²) in [6.45, 7) is 1.90. The van der Waals surface area contributed by atoms with Crippen LogP contribution in [0.4, 0.5) is 4.79 Å². The van der Waals surface area contributed by atoms with Crippen molar-refractivity contribution in [2.75, 3.05) is 0 Å². The molecule has 0 radical (unpaired) electrons. The lowest BCUT2D eigenvalue weighted by Gasteiger charge is -2.13. The molecule has 0 aliphatic carbocycles. The molecule has 1 N–H and O–H groups in total. The van der Waals surface area contributed by atoms with Gasteiger partial charge < -0.3 is 5.11 Å². The summed E-state index contributed by atoms with van der Waals surface area (Å²) in [5.74, 6) is -0.186. The van der Waals surface area contributed by atoms with Crippen molar-refractivity contribution in [2.45, 2.75) is 12.8 Å². The van der Waals surface area contributed by atoms with E-state index < -0.39 is 11.7 Å². The van der Waals surface area contributed by atoms with E-state index in [2.05, 4.69) is 0 Å². The first-order valence-electron chi connectivity index (χ1n) is 7.68. The molecule has 0 bridgehead atoms. The molecule has 0 saturated heterocycles. The predicted octanol–water partition coefficient (Wildman–Crippen LogP) is 4.19. The maximum Gasteiger partial charge on any atom is 0.418 e. The Hall–Kier alpha value is -3.14. The molecule has 1 atom stereocenters. The minimum absolute atomic E-state index is 0.186. The fraction of sp³-hybridized carbons (Fsp3) is 0.100. The third kappa shape index (κ3) is 2.99. The van der Waals surface area contributed by atoms with E-state index in [1.165, 1.54) is 6.20 Å². The molecule has 1 aromatic heterocycles. The van der Waals surface area contributed by atoms with E-state index in [0.717, 1.165) is 16.7 Å². The van der Waals surface area contributed by atoms with Crippen LogP contribution in [0.5, 0.6) is 0 Å². The summed E-state index contributed by atoms with van der Waals surface area (Å²) in [6, 6.07) is 21.3. The smallest absolute Gasteiger partial charge is 0.418 e. The quantitative estimate of drug-likeness (QED) is 0.787. The molecule has 3 rings (SSSR count). The lowest BCUT2D eigenvalue weighted by Crippen LogP contribution is -2.28. The number of benzene rings is 2. The van der Waals surface area contributed by atoms with Crippen molar-refractivity contribution in [3.8, 4) is 11.1 Å². The van der Waals surface area contributed by atoms with Gasteiger partial charge in [-0.05, 0) is 22.8 Å². The van der Waals surface area contributed by atoms with Gasteiger partial charge >= 0.3 is 6.09 Å². The molecule has 4 heteroatoms. The minimum atomic E-state index is -1.27. The van der Waals surface area contributed by atoms with Crippen LogP contribution < -0.4 is 5.56 Å². The Morgan fingerprint density at radius 1 is 0.917 bits per heavy atom. The average Bonchev–Trinajstić information content (AvgIpc) is 2.62. The van der Waals surface area contributed by atoms with E-state index in [9.17, 15) is 9.59 Å². The number of carbonyl (C=O) groups is 1. The highest BCUT2D eigenvalue weighted by Crippen LogP contribution is 2.25. The molecule has 0 aliphatic heterocycles. The second kappa shape index (κ2) is 6.54. The maximum atomic E-state index is 12.3. The number of hydrogen-bond donors (Lipinski definition) is 1. The van der Waals surface area contributed by atoms with Gasteiger partial charge in [-0.15, -0.1) is 0 Å². The minimum Gasteiger partial charge on any atom is -0.464 e. The average molecular weight is 319 g/mol.